The van der Waals surface area contributed by atoms with Crippen molar-refractivity contribution in [3.8, 4) is 0 Å². The molecule has 6 heteroatoms. The molecule has 0 bridgehead atoms. The van der Waals surface area contributed by atoms with Crippen molar-refractivity contribution in [2.75, 3.05) is 5.75 Å². The van der Waals surface area contributed by atoms with Gasteiger partial charge in [0, 0.05) is 6.42 Å². The van der Waals surface area contributed by atoms with Gasteiger partial charge in [0.05, 0.1) is 23.6 Å². The van der Waals surface area contributed by atoms with Gasteiger partial charge >= 0.3 is 0 Å². The molecule has 2 rings (SSSR count). The van der Waals surface area contributed by atoms with Crippen molar-refractivity contribution in [1.29, 1.82) is 0 Å². The van der Waals surface area contributed by atoms with E-state index >= 15 is 0 Å². The lowest BCUT2D eigenvalue weighted by atomic mass is 10.2. The van der Waals surface area contributed by atoms with Crippen LogP contribution in [0.1, 0.15) is 24.5 Å². The van der Waals surface area contributed by atoms with Crippen LogP contribution in [-0.4, -0.2) is 30.7 Å². The van der Waals surface area contributed by atoms with Crippen molar-refractivity contribution < 1.29 is 17.6 Å². The Morgan fingerprint density at radius 3 is 3.00 bits per heavy atom. The van der Waals surface area contributed by atoms with E-state index in [4.69, 9.17) is 4.42 Å². The van der Waals surface area contributed by atoms with E-state index in [1.54, 1.807) is 0 Å². The van der Waals surface area contributed by atoms with Gasteiger partial charge < -0.3 is 9.21 Å². The fourth-order valence-corrected chi connectivity index (χ4v) is 3.73. The van der Waals surface area contributed by atoms with E-state index in [0.29, 0.717) is 24.5 Å². The lowest BCUT2D eigenvalue weighted by molar-refractivity contribution is -0.107. The summed E-state index contributed by atoms with van der Waals surface area (Å²) in [6, 6.07) is 0. The molecule has 0 radical (unpaired) electrons. The van der Waals surface area contributed by atoms with Gasteiger partial charge in [-0.15, -0.1) is 0 Å². The van der Waals surface area contributed by atoms with Crippen LogP contribution in [0.5, 0.6) is 0 Å². The SMILES string of the molecule is O=CCc1cnc(CC2CCCS2(=O)=O)o1. The van der Waals surface area contributed by atoms with Crippen molar-refractivity contribution >= 4 is 16.1 Å². The van der Waals surface area contributed by atoms with E-state index < -0.39 is 9.84 Å². The summed E-state index contributed by atoms with van der Waals surface area (Å²) in [6.07, 6.45) is 4.11. The van der Waals surface area contributed by atoms with Crippen LogP contribution in [-0.2, 0) is 27.5 Å². The maximum Gasteiger partial charge on any atom is 0.195 e. The van der Waals surface area contributed by atoms with Crippen molar-refractivity contribution in [3.63, 3.8) is 0 Å². The maximum atomic E-state index is 11.6. The van der Waals surface area contributed by atoms with Crippen LogP contribution in [0.3, 0.4) is 0 Å². The molecule has 1 fully saturated rings. The Kier molecular flexibility index (Phi) is 3.09. The minimum Gasteiger partial charge on any atom is -0.445 e. The number of carbonyl (C=O) groups excluding carboxylic acids is 1. The summed E-state index contributed by atoms with van der Waals surface area (Å²) < 4.78 is 28.4. The van der Waals surface area contributed by atoms with Crippen molar-refractivity contribution in [2.24, 2.45) is 0 Å². The van der Waals surface area contributed by atoms with E-state index in [9.17, 15) is 13.2 Å². The van der Waals surface area contributed by atoms with E-state index in [-0.39, 0.29) is 17.4 Å². The molecule has 2 heterocycles. The molecule has 0 spiro atoms. The quantitative estimate of drug-likeness (QED) is 0.721. The average Bonchev–Trinajstić information content (AvgIpc) is 2.76. The first-order valence-corrected chi connectivity index (χ1v) is 6.92. The van der Waals surface area contributed by atoms with Crippen LogP contribution < -0.4 is 0 Å². The summed E-state index contributed by atoms with van der Waals surface area (Å²) in [5.74, 6) is 1.16. The predicted molar refractivity (Wildman–Crippen MR) is 56.8 cm³/mol. The van der Waals surface area contributed by atoms with Gasteiger partial charge in [-0.05, 0) is 12.8 Å². The highest BCUT2D eigenvalue weighted by molar-refractivity contribution is 7.92. The molecule has 1 aromatic rings. The number of aldehydes is 1. The van der Waals surface area contributed by atoms with Crippen LogP contribution in [0.2, 0.25) is 0 Å². The van der Waals surface area contributed by atoms with Gasteiger partial charge in [-0.2, -0.15) is 0 Å². The Hall–Kier alpha value is -1.17. The van der Waals surface area contributed by atoms with Gasteiger partial charge in [0.25, 0.3) is 0 Å². The normalized spacial score (nSPS) is 23.4. The molecule has 0 amide bonds. The Bertz CT molecular complexity index is 477. The molecule has 1 saturated heterocycles. The monoisotopic (exact) mass is 243 g/mol. The van der Waals surface area contributed by atoms with Gasteiger partial charge in [-0.25, -0.2) is 13.4 Å². The van der Waals surface area contributed by atoms with Gasteiger partial charge in [-0.3, -0.25) is 0 Å². The number of nitrogens with zero attached hydrogens (tertiary/aromatic N) is 1. The summed E-state index contributed by atoms with van der Waals surface area (Å²) in [6.45, 7) is 0. The Labute approximate surface area is 93.8 Å². The third kappa shape index (κ3) is 2.32. The fraction of sp³-hybridized carbons (Fsp3) is 0.600. The van der Waals surface area contributed by atoms with Crippen LogP contribution in [0, 0.1) is 0 Å². The lowest BCUT2D eigenvalue weighted by Gasteiger charge is -2.05. The number of hydrogen-bond donors (Lipinski definition) is 0. The van der Waals surface area contributed by atoms with Crippen LogP contribution in [0.4, 0.5) is 0 Å². The Morgan fingerprint density at radius 2 is 2.38 bits per heavy atom. The first-order chi connectivity index (χ1) is 7.62. The lowest BCUT2D eigenvalue weighted by Crippen LogP contribution is -2.18. The minimum atomic E-state index is -2.96. The zero-order chi connectivity index (χ0) is 11.6. The van der Waals surface area contributed by atoms with Gasteiger partial charge in [0.2, 0.25) is 0 Å². The molecule has 0 saturated carbocycles. The average molecular weight is 243 g/mol. The first kappa shape index (κ1) is 11.3. The summed E-state index contributed by atoms with van der Waals surface area (Å²) >= 11 is 0. The Balaban J connectivity index is 2.06. The number of oxazole rings is 1. The number of sulfone groups is 1. The molecule has 88 valence electrons. The van der Waals surface area contributed by atoms with Crippen LogP contribution in [0.25, 0.3) is 0 Å². The van der Waals surface area contributed by atoms with Crippen molar-refractivity contribution in [1.82, 2.24) is 4.98 Å². The standard InChI is InChI=1S/C10H13NO4S/c12-4-3-8-7-11-10(15-8)6-9-2-1-5-16(9,13)14/h4,7,9H,1-3,5-6H2. The third-order valence-corrected chi connectivity index (χ3v) is 5.03. The highest BCUT2D eigenvalue weighted by Crippen LogP contribution is 2.23. The Morgan fingerprint density at radius 1 is 1.56 bits per heavy atom. The summed E-state index contributed by atoms with van der Waals surface area (Å²) in [5, 5.41) is -0.366. The number of aromatic nitrogens is 1. The van der Waals surface area contributed by atoms with E-state index in [0.717, 1.165) is 12.7 Å². The van der Waals surface area contributed by atoms with Crippen LogP contribution in [0.15, 0.2) is 10.6 Å². The van der Waals surface area contributed by atoms with E-state index in [1.165, 1.54) is 6.20 Å². The second-order valence-electron chi connectivity index (χ2n) is 3.93. The third-order valence-electron chi connectivity index (χ3n) is 2.75. The predicted octanol–water partition coefficient (Wildman–Crippen LogP) is 0.536. The molecular weight excluding hydrogens is 230 g/mol. The number of carbonyl (C=O) groups is 1. The molecule has 16 heavy (non-hydrogen) atoms. The molecular formula is C10H13NO4S. The van der Waals surface area contributed by atoms with E-state index in [2.05, 4.69) is 4.98 Å². The molecule has 1 aromatic heterocycles. The van der Waals surface area contributed by atoms with Crippen molar-refractivity contribution in [3.05, 3.63) is 17.8 Å². The fourth-order valence-electron chi connectivity index (χ4n) is 1.90. The smallest absolute Gasteiger partial charge is 0.195 e. The van der Waals surface area contributed by atoms with Crippen molar-refractivity contribution in [2.45, 2.75) is 30.9 Å². The molecule has 5 nitrogen and oxygen atoms in total. The first-order valence-electron chi connectivity index (χ1n) is 5.20. The second kappa shape index (κ2) is 4.37. The molecule has 0 aromatic carbocycles. The zero-order valence-electron chi connectivity index (χ0n) is 8.76. The largest absolute Gasteiger partial charge is 0.445 e. The molecule has 1 aliphatic rings. The van der Waals surface area contributed by atoms with Gasteiger partial charge in [-0.1, -0.05) is 0 Å². The van der Waals surface area contributed by atoms with E-state index in [1.807, 2.05) is 0 Å². The highest BCUT2D eigenvalue weighted by atomic mass is 32.2. The van der Waals surface area contributed by atoms with Crippen LogP contribution >= 0.6 is 0 Å². The summed E-state index contributed by atoms with van der Waals surface area (Å²) in [5.41, 5.74) is 0. The topological polar surface area (TPSA) is 77.2 Å². The molecule has 0 aliphatic carbocycles. The zero-order valence-corrected chi connectivity index (χ0v) is 9.57. The molecule has 0 N–H and O–H groups in total. The maximum absolute atomic E-state index is 11.6. The van der Waals surface area contributed by atoms with Gasteiger partial charge in [0.1, 0.15) is 12.0 Å². The minimum absolute atomic E-state index is 0.185. The number of rotatable bonds is 4. The number of hydrogen-bond acceptors (Lipinski definition) is 5. The molecule has 1 aliphatic heterocycles. The highest BCUT2D eigenvalue weighted by Gasteiger charge is 2.32. The molecule has 1 unspecified atom stereocenters. The molecule has 1 atom stereocenters. The van der Waals surface area contributed by atoms with Gasteiger partial charge in [0.15, 0.2) is 15.7 Å². The summed E-state index contributed by atoms with van der Waals surface area (Å²) in [7, 11) is -2.96. The second-order valence-corrected chi connectivity index (χ2v) is 6.33. The summed E-state index contributed by atoms with van der Waals surface area (Å²) in [4.78, 5) is 14.2.